The molecule has 0 N–H and O–H groups in total. The van der Waals surface area contributed by atoms with Gasteiger partial charge in [0.05, 0.1) is 26.4 Å². The van der Waals surface area contributed by atoms with Crippen LogP contribution in [0.3, 0.4) is 0 Å². The second-order valence-corrected chi connectivity index (χ2v) is 7.36. The molecule has 0 amide bonds. The standard InChI is InChI=1S/C21H22N4O5/c1-27-21(26)18-19(14-6-3-2-4-7-14)30-23-20(18)24-10-16-17(11-24)29-13-15(12-28-16)25-9-5-8-22-25/h2-9,15-17H,10-13H2,1H3/t16-,17-/m0/s1. The van der Waals surface area contributed by atoms with Crippen LogP contribution in [0.1, 0.15) is 16.4 Å². The molecule has 3 aromatic rings. The van der Waals surface area contributed by atoms with E-state index in [4.69, 9.17) is 18.7 Å². The van der Waals surface area contributed by atoms with E-state index < -0.39 is 5.97 Å². The summed E-state index contributed by atoms with van der Waals surface area (Å²) in [5.41, 5.74) is 1.08. The molecule has 2 atom stereocenters. The maximum Gasteiger partial charge on any atom is 0.345 e. The molecule has 0 spiro atoms. The molecule has 156 valence electrons. The number of anilines is 1. The molecule has 0 saturated carbocycles. The van der Waals surface area contributed by atoms with Crippen LogP contribution in [0.25, 0.3) is 11.3 Å². The Balaban J connectivity index is 1.38. The van der Waals surface area contributed by atoms with Gasteiger partial charge in [-0.1, -0.05) is 35.5 Å². The smallest absolute Gasteiger partial charge is 0.345 e. The number of aromatic nitrogens is 3. The first-order valence-corrected chi connectivity index (χ1v) is 9.85. The molecular formula is C21H22N4O5. The van der Waals surface area contributed by atoms with Crippen LogP contribution in [0.15, 0.2) is 53.3 Å². The molecule has 2 aliphatic heterocycles. The van der Waals surface area contributed by atoms with Crippen LogP contribution < -0.4 is 4.90 Å². The van der Waals surface area contributed by atoms with E-state index in [0.717, 1.165) is 5.56 Å². The SMILES string of the molecule is COC(=O)c1c(N2C[C@@H]3OCC(n4cccn4)CO[C@H]3C2)noc1-c1ccccc1. The molecule has 5 rings (SSSR count). The second-order valence-electron chi connectivity index (χ2n) is 7.36. The lowest BCUT2D eigenvalue weighted by atomic mass is 10.1. The number of nitrogens with zero attached hydrogens (tertiary/aromatic N) is 4. The average molecular weight is 410 g/mol. The largest absolute Gasteiger partial charge is 0.465 e. The monoisotopic (exact) mass is 410 g/mol. The van der Waals surface area contributed by atoms with Gasteiger partial charge in [-0.3, -0.25) is 4.68 Å². The van der Waals surface area contributed by atoms with E-state index in [1.807, 2.05) is 52.2 Å². The zero-order valence-corrected chi connectivity index (χ0v) is 16.5. The van der Waals surface area contributed by atoms with Crippen molar-refractivity contribution in [1.29, 1.82) is 0 Å². The van der Waals surface area contributed by atoms with E-state index in [1.165, 1.54) is 7.11 Å². The molecule has 0 bridgehead atoms. The fraction of sp³-hybridized carbons (Fsp3) is 0.381. The molecule has 9 heteroatoms. The quantitative estimate of drug-likeness (QED) is 0.605. The molecule has 0 unspecified atom stereocenters. The molecule has 0 radical (unpaired) electrons. The van der Waals surface area contributed by atoms with Crippen molar-refractivity contribution in [2.45, 2.75) is 18.2 Å². The van der Waals surface area contributed by atoms with Crippen molar-refractivity contribution >= 4 is 11.8 Å². The Morgan fingerprint density at radius 1 is 1.10 bits per heavy atom. The molecule has 0 aliphatic carbocycles. The third kappa shape index (κ3) is 3.35. The minimum Gasteiger partial charge on any atom is -0.465 e. The van der Waals surface area contributed by atoms with Crippen molar-refractivity contribution < 1.29 is 23.5 Å². The van der Waals surface area contributed by atoms with Crippen LogP contribution in [0.2, 0.25) is 0 Å². The lowest BCUT2D eigenvalue weighted by molar-refractivity contribution is -0.00461. The van der Waals surface area contributed by atoms with Crippen LogP contribution >= 0.6 is 0 Å². The highest BCUT2D eigenvalue weighted by Gasteiger charge is 2.41. The number of carbonyl (C=O) groups is 1. The van der Waals surface area contributed by atoms with E-state index in [1.54, 1.807) is 6.20 Å². The van der Waals surface area contributed by atoms with Crippen LogP contribution in [0.5, 0.6) is 0 Å². The minimum atomic E-state index is -0.488. The van der Waals surface area contributed by atoms with Crippen molar-refractivity contribution in [3.05, 3.63) is 54.4 Å². The number of hydrogen-bond acceptors (Lipinski definition) is 8. The van der Waals surface area contributed by atoms with Gasteiger partial charge in [0.25, 0.3) is 0 Å². The van der Waals surface area contributed by atoms with Gasteiger partial charge in [-0.05, 0) is 6.07 Å². The van der Waals surface area contributed by atoms with E-state index in [9.17, 15) is 4.79 Å². The Kier molecular flexibility index (Phi) is 4.97. The summed E-state index contributed by atoms with van der Waals surface area (Å²) in [6, 6.07) is 11.3. The van der Waals surface area contributed by atoms with Gasteiger partial charge in [0, 0.05) is 31.0 Å². The molecule has 1 aromatic carbocycles. The molecule has 9 nitrogen and oxygen atoms in total. The average Bonchev–Trinajstić information content (AvgIpc) is 3.52. The number of hydrogen-bond donors (Lipinski definition) is 0. The van der Waals surface area contributed by atoms with Crippen LogP contribution in [0.4, 0.5) is 5.82 Å². The molecule has 30 heavy (non-hydrogen) atoms. The van der Waals surface area contributed by atoms with E-state index in [0.29, 0.717) is 43.4 Å². The first kappa shape index (κ1) is 18.8. The van der Waals surface area contributed by atoms with Crippen molar-refractivity contribution in [3.63, 3.8) is 0 Å². The fourth-order valence-electron chi connectivity index (χ4n) is 3.97. The van der Waals surface area contributed by atoms with Gasteiger partial charge in [0.2, 0.25) is 0 Å². The number of rotatable bonds is 4. The summed E-state index contributed by atoms with van der Waals surface area (Å²) in [5, 5.41) is 8.49. The topological polar surface area (TPSA) is 91.8 Å². The van der Waals surface area contributed by atoms with Crippen LogP contribution in [0, 0.1) is 0 Å². The van der Waals surface area contributed by atoms with Gasteiger partial charge < -0.3 is 23.6 Å². The van der Waals surface area contributed by atoms with Crippen molar-refractivity contribution in [3.8, 4) is 11.3 Å². The molecule has 2 aromatic heterocycles. The highest BCUT2D eigenvalue weighted by molar-refractivity contribution is 6.00. The Hall–Kier alpha value is -3.17. The molecule has 2 aliphatic rings. The Morgan fingerprint density at radius 2 is 1.83 bits per heavy atom. The van der Waals surface area contributed by atoms with Crippen molar-refractivity contribution in [2.24, 2.45) is 0 Å². The third-order valence-corrected chi connectivity index (χ3v) is 5.52. The summed E-state index contributed by atoms with van der Waals surface area (Å²) in [7, 11) is 1.35. The summed E-state index contributed by atoms with van der Waals surface area (Å²) in [6.07, 6.45) is 3.39. The molecule has 4 heterocycles. The lowest BCUT2D eigenvalue weighted by Crippen LogP contribution is -2.27. The van der Waals surface area contributed by atoms with Gasteiger partial charge in [-0.2, -0.15) is 5.10 Å². The molecule has 2 fully saturated rings. The van der Waals surface area contributed by atoms with Crippen LogP contribution in [-0.4, -0.2) is 66.5 Å². The number of fused-ring (bicyclic) bond motifs is 1. The lowest BCUT2D eigenvalue weighted by Gasteiger charge is -2.18. The molecular weight excluding hydrogens is 388 g/mol. The van der Waals surface area contributed by atoms with E-state index in [2.05, 4.69) is 10.3 Å². The predicted octanol–water partition coefficient (Wildman–Crippen LogP) is 2.17. The normalized spacial score (nSPS) is 22.0. The maximum atomic E-state index is 12.6. The summed E-state index contributed by atoms with van der Waals surface area (Å²) in [6.45, 7) is 2.10. The number of benzene rings is 1. The number of ether oxygens (including phenoxy) is 3. The fourth-order valence-corrected chi connectivity index (χ4v) is 3.97. The zero-order chi connectivity index (χ0) is 20.5. The van der Waals surface area contributed by atoms with Gasteiger partial charge in [0.15, 0.2) is 17.1 Å². The van der Waals surface area contributed by atoms with Crippen molar-refractivity contribution in [1.82, 2.24) is 14.9 Å². The summed E-state index contributed by atoms with van der Waals surface area (Å²) in [4.78, 5) is 14.5. The Bertz CT molecular complexity index is 988. The van der Waals surface area contributed by atoms with Gasteiger partial charge in [-0.25, -0.2) is 4.79 Å². The second kappa shape index (κ2) is 7.92. The van der Waals surface area contributed by atoms with Gasteiger partial charge >= 0.3 is 5.97 Å². The third-order valence-electron chi connectivity index (χ3n) is 5.52. The maximum absolute atomic E-state index is 12.6. The Morgan fingerprint density at radius 3 is 2.47 bits per heavy atom. The van der Waals surface area contributed by atoms with Crippen molar-refractivity contribution in [2.75, 3.05) is 38.3 Å². The number of esters is 1. The summed E-state index contributed by atoms with van der Waals surface area (Å²) < 4.78 is 24.7. The first-order valence-electron chi connectivity index (χ1n) is 9.85. The van der Waals surface area contributed by atoms with Crippen LogP contribution in [-0.2, 0) is 14.2 Å². The van der Waals surface area contributed by atoms with Gasteiger partial charge in [-0.15, -0.1) is 0 Å². The molecule has 2 saturated heterocycles. The number of methoxy groups -OCH3 is 1. The number of carbonyl (C=O) groups excluding carboxylic acids is 1. The highest BCUT2D eigenvalue weighted by atomic mass is 16.6. The predicted molar refractivity (Wildman–Crippen MR) is 106 cm³/mol. The van der Waals surface area contributed by atoms with E-state index >= 15 is 0 Å². The minimum absolute atomic E-state index is 0.0430. The summed E-state index contributed by atoms with van der Waals surface area (Å²) >= 11 is 0. The summed E-state index contributed by atoms with van der Waals surface area (Å²) in [5.74, 6) is 0.354. The van der Waals surface area contributed by atoms with E-state index in [-0.39, 0.29) is 18.2 Å². The highest BCUT2D eigenvalue weighted by Crippen LogP contribution is 2.35. The zero-order valence-electron chi connectivity index (χ0n) is 16.5. The first-order chi connectivity index (χ1) is 14.7. The Labute approximate surface area is 173 Å². The van der Waals surface area contributed by atoms with Gasteiger partial charge in [0.1, 0.15) is 12.2 Å².